The van der Waals surface area contributed by atoms with Crippen molar-refractivity contribution in [1.82, 2.24) is 15.0 Å². The summed E-state index contributed by atoms with van der Waals surface area (Å²) in [7, 11) is 0. The van der Waals surface area contributed by atoms with Crippen molar-refractivity contribution in [3.8, 4) is 18.0 Å². The predicted octanol–water partition coefficient (Wildman–Crippen LogP) is 5.61. The first kappa shape index (κ1) is 25.6. The van der Waals surface area contributed by atoms with Crippen LogP contribution in [0.25, 0.3) is 0 Å². The molecule has 0 amide bonds. The molecule has 0 fully saturated rings. The van der Waals surface area contributed by atoms with Crippen LogP contribution < -0.4 is 14.2 Å². The summed E-state index contributed by atoms with van der Waals surface area (Å²) in [5, 5.41) is 0. The predicted molar refractivity (Wildman–Crippen MR) is 118 cm³/mol. The van der Waals surface area contributed by atoms with Crippen LogP contribution >= 0.6 is 0 Å². The fourth-order valence-corrected chi connectivity index (χ4v) is 2.85. The van der Waals surface area contributed by atoms with E-state index < -0.39 is 0 Å². The maximum atomic E-state index is 12.1. The van der Waals surface area contributed by atoms with Crippen molar-refractivity contribution in [2.45, 2.75) is 84.0 Å². The minimum Gasteiger partial charge on any atom is -0.459 e. The first-order valence-electron chi connectivity index (χ1n) is 11.1. The summed E-state index contributed by atoms with van der Waals surface area (Å²) >= 11 is 0. The Balaban J connectivity index is 2.26. The van der Waals surface area contributed by atoms with Gasteiger partial charge in [-0.15, -0.1) is 15.0 Å². The first-order valence-corrected chi connectivity index (χ1v) is 11.1. The van der Waals surface area contributed by atoms with Crippen LogP contribution in [0.4, 0.5) is 0 Å². The zero-order valence-electron chi connectivity index (χ0n) is 18.4. The molecule has 7 nitrogen and oxygen atoms in total. The molecule has 0 aromatic carbocycles. The van der Waals surface area contributed by atoms with Gasteiger partial charge in [0.1, 0.15) is 13.2 Å². The molecule has 1 heterocycles. The number of hydrogen-bond acceptors (Lipinski definition) is 7. The largest absolute Gasteiger partial charge is 0.459 e. The number of carbonyl (C=O) groups is 1. The van der Waals surface area contributed by atoms with Gasteiger partial charge < -0.3 is 14.2 Å². The van der Waals surface area contributed by atoms with Crippen LogP contribution in [0.2, 0.25) is 0 Å². The van der Waals surface area contributed by atoms with E-state index in [1.54, 1.807) is 12.2 Å². The summed E-state index contributed by atoms with van der Waals surface area (Å²) < 4.78 is 15.8. The lowest BCUT2D eigenvalue weighted by Gasteiger charge is -2.07. The highest BCUT2D eigenvalue weighted by molar-refractivity contribution is 5.71. The molecule has 0 saturated heterocycles. The summed E-state index contributed by atoms with van der Waals surface area (Å²) in [4.78, 5) is 24.0. The van der Waals surface area contributed by atoms with Crippen molar-refractivity contribution in [3.05, 3.63) is 25.3 Å². The molecule has 0 radical (unpaired) electrons. The third-order valence-electron chi connectivity index (χ3n) is 4.42. The van der Waals surface area contributed by atoms with Crippen molar-refractivity contribution in [2.75, 3.05) is 13.2 Å². The Morgan fingerprint density at radius 2 is 1.17 bits per heavy atom. The number of ether oxygens (including phenoxy) is 3. The van der Waals surface area contributed by atoms with Gasteiger partial charge in [0, 0.05) is 6.42 Å². The van der Waals surface area contributed by atoms with Crippen molar-refractivity contribution >= 4 is 5.97 Å². The molecule has 0 unspecified atom stereocenters. The summed E-state index contributed by atoms with van der Waals surface area (Å²) in [6.07, 6.45) is 16.9. The zero-order chi connectivity index (χ0) is 21.9. The Kier molecular flexibility index (Phi) is 14.9. The van der Waals surface area contributed by atoms with Gasteiger partial charge in [-0.3, -0.25) is 4.79 Å². The molecule has 1 aromatic heterocycles. The topological polar surface area (TPSA) is 83.4 Å². The van der Waals surface area contributed by atoms with Gasteiger partial charge in [-0.2, -0.15) is 0 Å². The molecular formula is C23H37N3O4. The average molecular weight is 420 g/mol. The standard InChI is InChI=1S/C23H37N3O4/c1-4-7-8-9-10-11-12-13-14-15-16-17-20(27)30-23-25-21(28-18-5-2)24-22(26-23)29-19-6-3/h5-6H,2-4,7-19H2,1H3. The summed E-state index contributed by atoms with van der Waals surface area (Å²) in [5.41, 5.74) is 0. The van der Waals surface area contributed by atoms with E-state index in [0.29, 0.717) is 6.42 Å². The van der Waals surface area contributed by atoms with Crippen molar-refractivity contribution in [1.29, 1.82) is 0 Å². The molecular weight excluding hydrogens is 382 g/mol. The van der Waals surface area contributed by atoms with E-state index in [-0.39, 0.29) is 37.2 Å². The van der Waals surface area contributed by atoms with E-state index in [9.17, 15) is 4.79 Å². The normalized spacial score (nSPS) is 10.4. The van der Waals surface area contributed by atoms with E-state index >= 15 is 0 Å². The number of nitrogens with zero attached hydrogens (tertiary/aromatic N) is 3. The summed E-state index contributed by atoms with van der Waals surface area (Å²) in [5.74, 6) is -0.374. The second-order valence-corrected chi connectivity index (χ2v) is 7.14. The molecule has 168 valence electrons. The lowest BCUT2D eigenvalue weighted by Crippen LogP contribution is -2.12. The monoisotopic (exact) mass is 419 g/mol. The van der Waals surface area contributed by atoms with Gasteiger partial charge in [0.2, 0.25) is 0 Å². The first-order chi connectivity index (χ1) is 14.7. The molecule has 7 heteroatoms. The van der Waals surface area contributed by atoms with Gasteiger partial charge in [0.05, 0.1) is 0 Å². The third kappa shape index (κ3) is 12.9. The van der Waals surface area contributed by atoms with Gasteiger partial charge in [-0.05, 0) is 6.42 Å². The van der Waals surface area contributed by atoms with Gasteiger partial charge in [0.25, 0.3) is 0 Å². The van der Waals surface area contributed by atoms with Crippen molar-refractivity contribution in [3.63, 3.8) is 0 Å². The van der Waals surface area contributed by atoms with Crippen LogP contribution in [0.5, 0.6) is 18.0 Å². The van der Waals surface area contributed by atoms with Crippen LogP contribution in [-0.2, 0) is 4.79 Å². The number of hydrogen-bond donors (Lipinski definition) is 0. The van der Waals surface area contributed by atoms with E-state index in [1.807, 2.05) is 0 Å². The highest BCUT2D eigenvalue weighted by Crippen LogP contribution is 2.16. The van der Waals surface area contributed by atoms with E-state index in [4.69, 9.17) is 14.2 Å². The molecule has 0 aliphatic carbocycles. The third-order valence-corrected chi connectivity index (χ3v) is 4.42. The van der Waals surface area contributed by atoms with Crippen LogP contribution in [-0.4, -0.2) is 34.1 Å². The Hall–Kier alpha value is -2.44. The Bertz CT molecular complexity index is 592. The maximum Gasteiger partial charge on any atom is 0.333 e. The summed E-state index contributed by atoms with van der Waals surface area (Å²) in [6.45, 7) is 9.83. The molecule has 1 rings (SSSR count). The van der Waals surface area contributed by atoms with E-state index in [0.717, 1.165) is 19.3 Å². The SMILES string of the molecule is C=CCOc1nc(OCC=C)nc(OC(=O)CCCCCCCCCCCCC)n1. The quantitative estimate of drug-likeness (QED) is 0.164. The van der Waals surface area contributed by atoms with Crippen LogP contribution in [0, 0.1) is 0 Å². The molecule has 0 aliphatic rings. The smallest absolute Gasteiger partial charge is 0.333 e. The van der Waals surface area contributed by atoms with Gasteiger partial charge >= 0.3 is 24.0 Å². The minimum atomic E-state index is -0.374. The fourth-order valence-electron chi connectivity index (χ4n) is 2.85. The number of rotatable bonds is 19. The molecule has 30 heavy (non-hydrogen) atoms. The molecule has 0 N–H and O–H groups in total. The minimum absolute atomic E-state index is 0.0152. The molecule has 0 bridgehead atoms. The molecule has 0 saturated carbocycles. The molecule has 0 atom stereocenters. The number of esters is 1. The Morgan fingerprint density at radius 3 is 1.63 bits per heavy atom. The van der Waals surface area contributed by atoms with E-state index in [1.165, 1.54) is 51.4 Å². The highest BCUT2D eigenvalue weighted by Gasteiger charge is 2.13. The average Bonchev–Trinajstić information content (AvgIpc) is 2.74. The van der Waals surface area contributed by atoms with Crippen LogP contribution in [0.1, 0.15) is 84.0 Å². The summed E-state index contributed by atoms with van der Waals surface area (Å²) in [6, 6.07) is -0.0980. The lowest BCUT2D eigenvalue weighted by atomic mass is 10.1. The van der Waals surface area contributed by atoms with Crippen LogP contribution in [0.15, 0.2) is 25.3 Å². The Morgan fingerprint density at radius 1 is 0.733 bits per heavy atom. The number of unbranched alkanes of at least 4 members (excludes halogenated alkanes) is 10. The second-order valence-electron chi connectivity index (χ2n) is 7.14. The lowest BCUT2D eigenvalue weighted by molar-refractivity contribution is -0.135. The highest BCUT2D eigenvalue weighted by atomic mass is 16.6. The van der Waals surface area contributed by atoms with Crippen molar-refractivity contribution < 1.29 is 19.0 Å². The number of carbonyl (C=O) groups excluding carboxylic acids is 1. The second kappa shape index (κ2) is 17.4. The van der Waals surface area contributed by atoms with E-state index in [2.05, 4.69) is 35.0 Å². The zero-order valence-corrected chi connectivity index (χ0v) is 18.4. The molecule has 0 spiro atoms. The molecule has 0 aliphatic heterocycles. The molecule has 1 aromatic rings. The van der Waals surface area contributed by atoms with Crippen molar-refractivity contribution in [2.24, 2.45) is 0 Å². The fraction of sp³-hybridized carbons (Fsp3) is 0.652. The Labute approximate surface area is 181 Å². The van der Waals surface area contributed by atoms with Gasteiger partial charge in [-0.25, -0.2) is 0 Å². The maximum absolute atomic E-state index is 12.1. The van der Waals surface area contributed by atoms with Crippen LogP contribution in [0.3, 0.4) is 0 Å². The number of aromatic nitrogens is 3. The van der Waals surface area contributed by atoms with Gasteiger partial charge in [0.15, 0.2) is 0 Å². The van der Waals surface area contributed by atoms with Gasteiger partial charge in [-0.1, -0.05) is 96.4 Å².